The van der Waals surface area contributed by atoms with Gasteiger partial charge in [0.25, 0.3) is 5.92 Å². The van der Waals surface area contributed by atoms with Gasteiger partial charge >= 0.3 is 0 Å². The zero-order valence-corrected chi connectivity index (χ0v) is 9.44. The Balaban J connectivity index is 2.47. The van der Waals surface area contributed by atoms with E-state index in [0.717, 1.165) is 6.08 Å². The van der Waals surface area contributed by atoms with Crippen LogP contribution in [0.3, 0.4) is 0 Å². The Hall–Kier alpha value is -1.95. The highest BCUT2D eigenvalue weighted by atomic mass is 19.3. The number of amides is 1. The molecule has 18 heavy (non-hydrogen) atoms. The van der Waals surface area contributed by atoms with Crippen LogP contribution in [0.5, 0.6) is 5.75 Å². The number of phenols is 1. The second kappa shape index (κ2) is 6.11. The van der Waals surface area contributed by atoms with Crippen LogP contribution in [0.25, 0.3) is 6.08 Å². The first kappa shape index (κ1) is 14.1. The number of hydrogen-bond acceptors (Lipinski definition) is 3. The summed E-state index contributed by atoms with van der Waals surface area (Å²) in [6.45, 7) is -2.22. The van der Waals surface area contributed by atoms with Gasteiger partial charge in [0.1, 0.15) is 12.4 Å². The monoisotopic (exact) mass is 257 g/mol. The van der Waals surface area contributed by atoms with E-state index in [1.807, 2.05) is 5.32 Å². The Labute approximate surface area is 103 Å². The number of nitrogens with one attached hydrogen (secondary N) is 1. The van der Waals surface area contributed by atoms with E-state index in [9.17, 15) is 13.6 Å². The van der Waals surface area contributed by atoms with Crippen LogP contribution in [-0.2, 0) is 4.79 Å². The van der Waals surface area contributed by atoms with E-state index in [2.05, 4.69) is 0 Å². The minimum Gasteiger partial charge on any atom is -0.508 e. The van der Waals surface area contributed by atoms with Crippen LogP contribution in [-0.4, -0.2) is 35.2 Å². The SMILES string of the molecule is O=C(/C=C/c1ccc(O)cc1)NCC(F)(F)CO. The van der Waals surface area contributed by atoms with Crippen molar-refractivity contribution in [1.29, 1.82) is 0 Å². The molecule has 0 bridgehead atoms. The predicted molar refractivity (Wildman–Crippen MR) is 62.2 cm³/mol. The van der Waals surface area contributed by atoms with Gasteiger partial charge in [-0.25, -0.2) is 8.78 Å². The summed E-state index contributed by atoms with van der Waals surface area (Å²) in [5.41, 5.74) is 0.650. The molecule has 1 aromatic rings. The lowest BCUT2D eigenvalue weighted by Gasteiger charge is -2.12. The molecule has 0 saturated carbocycles. The molecule has 0 unspecified atom stereocenters. The third-order valence-electron chi connectivity index (χ3n) is 2.07. The standard InChI is InChI=1S/C12H13F2NO3/c13-12(14,8-16)7-15-11(18)6-3-9-1-4-10(17)5-2-9/h1-6,16-17H,7-8H2,(H,15,18)/b6-3+. The maximum absolute atomic E-state index is 12.6. The number of carbonyl (C=O) groups is 1. The highest BCUT2D eigenvalue weighted by Gasteiger charge is 2.27. The molecule has 0 aromatic heterocycles. The van der Waals surface area contributed by atoms with E-state index in [1.54, 1.807) is 12.1 Å². The van der Waals surface area contributed by atoms with Crippen molar-refractivity contribution >= 4 is 12.0 Å². The zero-order valence-electron chi connectivity index (χ0n) is 9.44. The van der Waals surface area contributed by atoms with Crippen LogP contribution in [0.1, 0.15) is 5.56 Å². The maximum Gasteiger partial charge on any atom is 0.287 e. The first-order valence-corrected chi connectivity index (χ1v) is 5.16. The molecule has 3 N–H and O–H groups in total. The van der Waals surface area contributed by atoms with E-state index in [4.69, 9.17) is 10.2 Å². The van der Waals surface area contributed by atoms with Crippen LogP contribution in [0.15, 0.2) is 30.3 Å². The molecule has 0 aliphatic carbocycles. The predicted octanol–water partition coefficient (Wildman–Crippen LogP) is 1.15. The van der Waals surface area contributed by atoms with Crippen molar-refractivity contribution < 1.29 is 23.8 Å². The van der Waals surface area contributed by atoms with E-state index in [1.165, 1.54) is 18.2 Å². The molecule has 6 heteroatoms. The van der Waals surface area contributed by atoms with Gasteiger partial charge in [-0.2, -0.15) is 0 Å². The molecular weight excluding hydrogens is 244 g/mol. The van der Waals surface area contributed by atoms with E-state index >= 15 is 0 Å². The van der Waals surface area contributed by atoms with Crippen molar-refractivity contribution in [3.63, 3.8) is 0 Å². The van der Waals surface area contributed by atoms with Crippen molar-refractivity contribution in [2.75, 3.05) is 13.2 Å². The average molecular weight is 257 g/mol. The fourth-order valence-corrected chi connectivity index (χ4v) is 1.09. The molecule has 0 fully saturated rings. The van der Waals surface area contributed by atoms with Crippen molar-refractivity contribution in [3.05, 3.63) is 35.9 Å². The van der Waals surface area contributed by atoms with Gasteiger partial charge in [-0.1, -0.05) is 12.1 Å². The highest BCUT2D eigenvalue weighted by molar-refractivity contribution is 5.91. The smallest absolute Gasteiger partial charge is 0.287 e. The summed E-state index contributed by atoms with van der Waals surface area (Å²) in [7, 11) is 0. The number of benzene rings is 1. The molecule has 0 aliphatic heterocycles. The highest BCUT2D eigenvalue weighted by Crippen LogP contribution is 2.11. The van der Waals surface area contributed by atoms with Crippen molar-refractivity contribution in [2.24, 2.45) is 0 Å². The van der Waals surface area contributed by atoms with Crippen molar-refractivity contribution in [1.82, 2.24) is 5.32 Å². The van der Waals surface area contributed by atoms with Crippen molar-refractivity contribution in [3.8, 4) is 5.75 Å². The number of carbonyl (C=O) groups excluding carboxylic acids is 1. The first-order valence-electron chi connectivity index (χ1n) is 5.16. The summed E-state index contributed by atoms with van der Waals surface area (Å²) in [4.78, 5) is 11.2. The number of hydrogen-bond donors (Lipinski definition) is 3. The number of phenolic OH excluding ortho intramolecular Hbond substituents is 1. The summed E-state index contributed by atoms with van der Waals surface area (Å²) >= 11 is 0. The molecule has 1 aromatic carbocycles. The molecule has 0 heterocycles. The molecule has 0 radical (unpaired) electrons. The molecular formula is C12H13F2NO3. The average Bonchev–Trinajstić information content (AvgIpc) is 2.36. The second-order valence-electron chi connectivity index (χ2n) is 3.66. The Bertz CT molecular complexity index is 429. The fraction of sp³-hybridized carbons (Fsp3) is 0.250. The maximum atomic E-state index is 12.6. The van der Waals surface area contributed by atoms with Crippen molar-refractivity contribution in [2.45, 2.75) is 5.92 Å². The summed E-state index contributed by atoms with van der Waals surface area (Å²) in [5.74, 6) is -3.91. The Morgan fingerprint density at radius 1 is 1.33 bits per heavy atom. The third-order valence-corrected chi connectivity index (χ3v) is 2.07. The molecule has 98 valence electrons. The summed E-state index contributed by atoms with van der Waals surface area (Å²) in [6.07, 6.45) is 2.52. The molecule has 4 nitrogen and oxygen atoms in total. The van der Waals surface area contributed by atoms with Crippen LogP contribution < -0.4 is 5.32 Å². The minimum absolute atomic E-state index is 0.0965. The van der Waals surface area contributed by atoms with Gasteiger partial charge in [0, 0.05) is 6.08 Å². The van der Waals surface area contributed by atoms with Gasteiger partial charge in [0.15, 0.2) is 0 Å². The lowest BCUT2D eigenvalue weighted by molar-refractivity contribution is -0.119. The number of rotatable bonds is 5. The fourth-order valence-electron chi connectivity index (χ4n) is 1.09. The largest absolute Gasteiger partial charge is 0.508 e. The molecule has 0 saturated heterocycles. The lowest BCUT2D eigenvalue weighted by Crippen LogP contribution is -2.38. The van der Waals surface area contributed by atoms with Gasteiger partial charge in [-0.05, 0) is 23.8 Å². The van der Waals surface area contributed by atoms with E-state index in [0.29, 0.717) is 5.56 Å². The quantitative estimate of drug-likeness (QED) is 0.693. The number of aliphatic hydroxyl groups excluding tert-OH is 1. The topological polar surface area (TPSA) is 69.6 Å². The molecule has 0 spiro atoms. The normalized spacial score (nSPS) is 11.7. The van der Waals surface area contributed by atoms with Gasteiger partial charge < -0.3 is 15.5 Å². The number of alkyl halides is 2. The molecule has 0 aliphatic rings. The minimum atomic E-state index is -3.32. The van der Waals surface area contributed by atoms with Gasteiger partial charge in [-0.15, -0.1) is 0 Å². The molecule has 1 amide bonds. The number of halogens is 2. The Kier molecular flexibility index (Phi) is 4.79. The summed E-state index contributed by atoms with van der Waals surface area (Å²) < 4.78 is 25.2. The van der Waals surface area contributed by atoms with Gasteiger partial charge in [0.2, 0.25) is 5.91 Å². The zero-order chi connectivity index (χ0) is 13.6. The van der Waals surface area contributed by atoms with E-state index in [-0.39, 0.29) is 5.75 Å². The Morgan fingerprint density at radius 2 is 1.94 bits per heavy atom. The van der Waals surface area contributed by atoms with Crippen LogP contribution in [0.4, 0.5) is 8.78 Å². The third kappa shape index (κ3) is 4.92. The number of aromatic hydroxyl groups is 1. The first-order chi connectivity index (χ1) is 8.43. The second-order valence-corrected chi connectivity index (χ2v) is 3.66. The summed E-state index contributed by atoms with van der Waals surface area (Å²) in [6, 6.07) is 6.03. The lowest BCUT2D eigenvalue weighted by atomic mass is 10.2. The molecule has 1 rings (SSSR count). The van der Waals surface area contributed by atoms with E-state index < -0.39 is 25.0 Å². The Morgan fingerprint density at radius 3 is 2.50 bits per heavy atom. The van der Waals surface area contributed by atoms with Gasteiger partial charge in [-0.3, -0.25) is 4.79 Å². The van der Waals surface area contributed by atoms with Crippen LogP contribution in [0.2, 0.25) is 0 Å². The molecule has 0 atom stereocenters. The number of aliphatic hydroxyl groups is 1. The summed E-state index contributed by atoms with van der Waals surface area (Å²) in [5, 5.41) is 19.3. The van der Waals surface area contributed by atoms with Crippen LogP contribution in [0, 0.1) is 0 Å². The van der Waals surface area contributed by atoms with Crippen LogP contribution >= 0.6 is 0 Å². The van der Waals surface area contributed by atoms with Gasteiger partial charge in [0.05, 0.1) is 6.54 Å².